The Morgan fingerprint density at radius 3 is 2.57 bits per heavy atom. The first kappa shape index (κ1) is 18.6. The molecule has 146 valence electrons. The third kappa shape index (κ3) is 3.40. The van der Waals surface area contributed by atoms with Crippen molar-refractivity contribution in [3.8, 4) is 0 Å². The van der Waals surface area contributed by atoms with E-state index in [1.807, 2.05) is 24.3 Å². The summed E-state index contributed by atoms with van der Waals surface area (Å²) < 4.78 is 14.1. The number of fused-ring (bicyclic) bond motifs is 1. The molecule has 0 spiro atoms. The van der Waals surface area contributed by atoms with Crippen LogP contribution in [0.3, 0.4) is 0 Å². The van der Waals surface area contributed by atoms with E-state index in [0.717, 1.165) is 17.7 Å². The Labute approximate surface area is 164 Å². The number of amides is 2. The second kappa shape index (κ2) is 7.02. The standard InChI is InChI=1S/C22H24FN3O2/c1-22(2)21(28)24-18-9-5-6-10-19(18)26(22)20(27)14-25(16-11-12-16)13-15-7-3-4-8-17(15)23/h3-10,16H,11-14H2,1-2H3,(H,24,28)/p+1. The van der Waals surface area contributed by atoms with Crippen LogP contribution in [0.15, 0.2) is 48.5 Å². The minimum atomic E-state index is -0.988. The van der Waals surface area contributed by atoms with Gasteiger partial charge in [0.15, 0.2) is 6.54 Å². The third-order valence-corrected chi connectivity index (χ3v) is 5.67. The van der Waals surface area contributed by atoms with Crippen molar-refractivity contribution in [3.05, 3.63) is 59.9 Å². The van der Waals surface area contributed by atoms with Crippen LogP contribution in [0.2, 0.25) is 0 Å². The summed E-state index contributed by atoms with van der Waals surface area (Å²) in [7, 11) is 0. The molecule has 0 saturated heterocycles. The van der Waals surface area contributed by atoms with Gasteiger partial charge >= 0.3 is 0 Å². The number of nitrogens with one attached hydrogen (secondary N) is 2. The molecule has 1 fully saturated rings. The van der Waals surface area contributed by atoms with E-state index in [4.69, 9.17) is 0 Å². The predicted molar refractivity (Wildman–Crippen MR) is 106 cm³/mol. The number of rotatable bonds is 5. The van der Waals surface area contributed by atoms with Crippen LogP contribution in [0, 0.1) is 5.82 Å². The number of hydrogen-bond donors (Lipinski definition) is 2. The van der Waals surface area contributed by atoms with E-state index >= 15 is 0 Å². The third-order valence-electron chi connectivity index (χ3n) is 5.67. The number of hydrogen-bond acceptors (Lipinski definition) is 2. The molecule has 4 rings (SSSR count). The summed E-state index contributed by atoms with van der Waals surface area (Å²) in [6.45, 7) is 4.20. The van der Waals surface area contributed by atoms with Crippen molar-refractivity contribution in [2.45, 2.75) is 44.8 Å². The topological polar surface area (TPSA) is 53.9 Å². The molecule has 1 atom stereocenters. The number of carbonyl (C=O) groups is 2. The molecule has 0 aromatic heterocycles. The quantitative estimate of drug-likeness (QED) is 0.833. The maximum atomic E-state index is 14.1. The molecular weight excluding hydrogens is 357 g/mol. The molecule has 2 amide bonds. The van der Waals surface area contributed by atoms with E-state index in [2.05, 4.69) is 5.32 Å². The highest BCUT2D eigenvalue weighted by atomic mass is 19.1. The van der Waals surface area contributed by atoms with Gasteiger partial charge in [0.05, 0.1) is 17.4 Å². The fourth-order valence-corrected chi connectivity index (χ4v) is 3.90. The van der Waals surface area contributed by atoms with Crippen LogP contribution in [0.1, 0.15) is 32.3 Å². The summed E-state index contributed by atoms with van der Waals surface area (Å²) in [5.41, 5.74) is 0.978. The van der Waals surface area contributed by atoms with Crippen molar-refractivity contribution in [2.24, 2.45) is 0 Å². The fourth-order valence-electron chi connectivity index (χ4n) is 3.90. The molecular formula is C22H25FN3O2+. The molecule has 2 aliphatic rings. The van der Waals surface area contributed by atoms with Gasteiger partial charge in [0.2, 0.25) is 5.91 Å². The highest BCUT2D eigenvalue weighted by Gasteiger charge is 2.45. The van der Waals surface area contributed by atoms with Crippen LogP contribution in [-0.4, -0.2) is 29.9 Å². The molecule has 1 aliphatic heterocycles. The molecule has 6 heteroatoms. The van der Waals surface area contributed by atoms with Gasteiger partial charge in [0, 0.05) is 18.4 Å². The summed E-state index contributed by atoms with van der Waals surface area (Å²) in [6, 6.07) is 14.4. The maximum Gasteiger partial charge on any atom is 0.283 e. The molecule has 2 aromatic rings. The number of quaternary nitrogens is 1. The lowest BCUT2D eigenvalue weighted by Crippen LogP contribution is -3.13. The second-order valence-electron chi connectivity index (χ2n) is 8.14. The lowest BCUT2D eigenvalue weighted by molar-refractivity contribution is -0.917. The summed E-state index contributed by atoms with van der Waals surface area (Å²) in [6.07, 6.45) is 2.08. The minimum Gasteiger partial charge on any atom is -0.322 e. The molecule has 1 unspecified atom stereocenters. The summed E-state index contributed by atoms with van der Waals surface area (Å²) >= 11 is 0. The SMILES string of the molecule is CC1(C)C(=O)Nc2ccccc2N1C(=O)C[NH+](Cc1ccccc1F)C1CC1. The van der Waals surface area contributed by atoms with Crippen LogP contribution in [0.25, 0.3) is 0 Å². The lowest BCUT2D eigenvalue weighted by atomic mass is 9.96. The fraction of sp³-hybridized carbons (Fsp3) is 0.364. The first-order valence-corrected chi connectivity index (χ1v) is 9.69. The van der Waals surface area contributed by atoms with Crippen LogP contribution in [-0.2, 0) is 16.1 Å². The van der Waals surface area contributed by atoms with Crippen LogP contribution >= 0.6 is 0 Å². The molecule has 1 aliphatic carbocycles. The lowest BCUT2D eigenvalue weighted by Gasteiger charge is -2.42. The van der Waals surface area contributed by atoms with Gasteiger partial charge in [-0.05, 0) is 32.0 Å². The van der Waals surface area contributed by atoms with Crippen molar-refractivity contribution in [1.29, 1.82) is 0 Å². The first-order valence-electron chi connectivity index (χ1n) is 9.69. The Kier molecular flexibility index (Phi) is 4.67. The number of carbonyl (C=O) groups excluding carboxylic acids is 2. The minimum absolute atomic E-state index is 0.120. The van der Waals surface area contributed by atoms with E-state index in [9.17, 15) is 14.0 Å². The molecule has 2 aromatic carbocycles. The van der Waals surface area contributed by atoms with Gasteiger partial charge in [-0.2, -0.15) is 0 Å². The van der Waals surface area contributed by atoms with Crippen molar-refractivity contribution in [1.82, 2.24) is 0 Å². The number of benzene rings is 2. The highest BCUT2D eigenvalue weighted by molar-refractivity contribution is 6.14. The second-order valence-corrected chi connectivity index (χ2v) is 8.14. The summed E-state index contributed by atoms with van der Waals surface area (Å²) in [4.78, 5) is 28.6. The van der Waals surface area contributed by atoms with Gasteiger partial charge in [-0.1, -0.05) is 30.3 Å². The average Bonchev–Trinajstić information content (AvgIpc) is 3.49. The smallest absolute Gasteiger partial charge is 0.283 e. The Morgan fingerprint density at radius 1 is 1.18 bits per heavy atom. The van der Waals surface area contributed by atoms with E-state index in [1.54, 1.807) is 36.9 Å². The normalized spacial score (nSPS) is 19.0. The van der Waals surface area contributed by atoms with Gasteiger partial charge < -0.3 is 10.2 Å². The zero-order valence-electron chi connectivity index (χ0n) is 16.2. The molecule has 5 nitrogen and oxygen atoms in total. The Hall–Kier alpha value is -2.73. The Morgan fingerprint density at radius 2 is 1.86 bits per heavy atom. The van der Waals surface area contributed by atoms with Gasteiger partial charge in [-0.3, -0.25) is 14.5 Å². The molecule has 28 heavy (non-hydrogen) atoms. The number of para-hydroxylation sites is 2. The van der Waals surface area contributed by atoms with E-state index in [1.165, 1.54) is 6.07 Å². The van der Waals surface area contributed by atoms with Gasteiger partial charge in [0.25, 0.3) is 5.91 Å². The van der Waals surface area contributed by atoms with Crippen molar-refractivity contribution in [3.63, 3.8) is 0 Å². The first-order chi connectivity index (χ1) is 13.4. The van der Waals surface area contributed by atoms with Crippen LogP contribution < -0.4 is 15.1 Å². The van der Waals surface area contributed by atoms with E-state index in [-0.39, 0.29) is 24.2 Å². The molecule has 2 N–H and O–H groups in total. The number of halogens is 1. The van der Waals surface area contributed by atoms with Crippen LogP contribution in [0.4, 0.5) is 15.8 Å². The highest BCUT2D eigenvalue weighted by Crippen LogP contribution is 2.36. The Bertz CT molecular complexity index is 924. The predicted octanol–water partition coefficient (Wildman–Crippen LogP) is 2.14. The largest absolute Gasteiger partial charge is 0.322 e. The van der Waals surface area contributed by atoms with Crippen LogP contribution in [0.5, 0.6) is 0 Å². The van der Waals surface area contributed by atoms with Gasteiger partial charge in [-0.25, -0.2) is 4.39 Å². The maximum absolute atomic E-state index is 14.1. The zero-order valence-corrected chi connectivity index (χ0v) is 16.2. The summed E-state index contributed by atoms with van der Waals surface area (Å²) in [5, 5.41) is 2.88. The molecule has 0 bridgehead atoms. The monoisotopic (exact) mass is 382 g/mol. The number of nitrogens with zero attached hydrogens (tertiary/aromatic N) is 1. The molecule has 1 saturated carbocycles. The van der Waals surface area contributed by atoms with Crippen molar-refractivity contribution >= 4 is 23.2 Å². The number of anilines is 2. The van der Waals surface area contributed by atoms with Crippen molar-refractivity contribution in [2.75, 3.05) is 16.8 Å². The summed E-state index contributed by atoms with van der Waals surface area (Å²) in [5.74, 6) is -0.566. The van der Waals surface area contributed by atoms with Gasteiger partial charge in [0.1, 0.15) is 17.9 Å². The van der Waals surface area contributed by atoms with Gasteiger partial charge in [-0.15, -0.1) is 0 Å². The Balaban J connectivity index is 1.60. The van der Waals surface area contributed by atoms with E-state index < -0.39 is 5.54 Å². The molecule has 0 radical (unpaired) electrons. The molecule has 1 heterocycles. The average molecular weight is 382 g/mol. The van der Waals surface area contributed by atoms with E-state index in [0.29, 0.717) is 29.5 Å². The zero-order chi connectivity index (χ0) is 19.9. The van der Waals surface area contributed by atoms with Crippen molar-refractivity contribution < 1.29 is 18.9 Å².